The van der Waals surface area contributed by atoms with Gasteiger partial charge >= 0.3 is 5.97 Å². The topological polar surface area (TPSA) is 68.3 Å². The highest BCUT2D eigenvalue weighted by Crippen LogP contribution is 2.15. The summed E-state index contributed by atoms with van der Waals surface area (Å²) < 4.78 is 15.8. The maximum atomic E-state index is 12.6. The molecule has 1 atom stereocenters. The van der Waals surface area contributed by atoms with E-state index in [1.54, 1.807) is 11.8 Å². The monoisotopic (exact) mass is 342 g/mol. The summed E-state index contributed by atoms with van der Waals surface area (Å²) in [6, 6.07) is 0. The van der Waals surface area contributed by atoms with Crippen LogP contribution in [0.5, 0.6) is 0 Å². The first kappa shape index (κ1) is 19.1. The van der Waals surface area contributed by atoms with Crippen LogP contribution in [0.2, 0.25) is 0 Å². The third-order valence-electron chi connectivity index (χ3n) is 4.41. The molecular formula is C17H30N2O5. The average Bonchev–Trinajstić information content (AvgIpc) is 3.13. The SMILES string of the molecule is CCOC(=O)CCN(CCCN1CCOCC1)C(=O)C1CCCO1. The largest absolute Gasteiger partial charge is 0.466 e. The summed E-state index contributed by atoms with van der Waals surface area (Å²) in [5.41, 5.74) is 0. The van der Waals surface area contributed by atoms with Crippen LogP contribution in [0.3, 0.4) is 0 Å². The molecule has 0 aliphatic carbocycles. The number of morpholine rings is 1. The molecule has 2 aliphatic heterocycles. The minimum absolute atomic E-state index is 0.0128. The molecular weight excluding hydrogens is 312 g/mol. The summed E-state index contributed by atoms with van der Waals surface area (Å²) in [4.78, 5) is 28.3. The van der Waals surface area contributed by atoms with Gasteiger partial charge in [-0.15, -0.1) is 0 Å². The summed E-state index contributed by atoms with van der Waals surface area (Å²) in [6.45, 7) is 8.25. The standard InChI is InChI=1S/C17H30N2O5/c1-2-23-16(20)6-9-19(17(21)15-5-3-12-24-15)8-4-7-18-10-13-22-14-11-18/h15H,2-14H2,1H3. The Morgan fingerprint density at radius 1 is 1.21 bits per heavy atom. The Bertz CT molecular complexity index is 392. The van der Waals surface area contributed by atoms with E-state index in [0.29, 0.717) is 26.3 Å². The molecule has 24 heavy (non-hydrogen) atoms. The summed E-state index contributed by atoms with van der Waals surface area (Å²) in [6.07, 6.45) is 2.50. The Morgan fingerprint density at radius 3 is 2.67 bits per heavy atom. The van der Waals surface area contributed by atoms with Crippen LogP contribution in [0.25, 0.3) is 0 Å². The van der Waals surface area contributed by atoms with Crippen molar-refractivity contribution < 1.29 is 23.8 Å². The van der Waals surface area contributed by atoms with Crippen molar-refractivity contribution in [2.75, 3.05) is 59.2 Å². The van der Waals surface area contributed by atoms with Crippen molar-refractivity contribution in [2.45, 2.75) is 38.7 Å². The van der Waals surface area contributed by atoms with Crippen LogP contribution in [0.15, 0.2) is 0 Å². The highest BCUT2D eigenvalue weighted by Gasteiger charge is 2.28. The Balaban J connectivity index is 1.78. The molecule has 2 heterocycles. The van der Waals surface area contributed by atoms with Gasteiger partial charge in [-0.05, 0) is 26.2 Å². The lowest BCUT2D eigenvalue weighted by Gasteiger charge is -2.29. The molecule has 2 rings (SSSR count). The number of carbonyl (C=O) groups is 2. The molecule has 2 saturated heterocycles. The predicted molar refractivity (Wildman–Crippen MR) is 88.7 cm³/mol. The van der Waals surface area contributed by atoms with E-state index in [-0.39, 0.29) is 24.4 Å². The number of ether oxygens (including phenoxy) is 3. The zero-order valence-corrected chi connectivity index (χ0v) is 14.7. The number of esters is 1. The van der Waals surface area contributed by atoms with Crippen molar-refractivity contribution in [3.63, 3.8) is 0 Å². The fourth-order valence-corrected chi connectivity index (χ4v) is 3.08. The number of hydrogen-bond acceptors (Lipinski definition) is 6. The lowest BCUT2D eigenvalue weighted by molar-refractivity contribution is -0.146. The van der Waals surface area contributed by atoms with Crippen LogP contribution in [-0.2, 0) is 23.8 Å². The van der Waals surface area contributed by atoms with Gasteiger partial charge in [-0.1, -0.05) is 0 Å². The fourth-order valence-electron chi connectivity index (χ4n) is 3.08. The van der Waals surface area contributed by atoms with Crippen LogP contribution in [0.1, 0.15) is 32.6 Å². The first-order valence-corrected chi connectivity index (χ1v) is 9.07. The van der Waals surface area contributed by atoms with Gasteiger partial charge in [0.05, 0.1) is 26.2 Å². The smallest absolute Gasteiger partial charge is 0.307 e. The van der Waals surface area contributed by atoms with Gasteiger partial charge in [-0.2, -0.15) is 0 Å². The Labute approximate surface area is 144 Å². The van der Waals surface area contributed by atoms with Gasteiger partial charge in [-0.25, -0.2) is 0 Å². The Morgan fingerprint density at radius 2 is 2.00 bits per heavy atom. The van der Waals surface area contributed by atoms with Crippen molar-refractivity contribution in [3.05, 3.63) is 0 Å². The molecule has 0 saturated carbocycles. The van der Waals surface area contributed by atoms with E-state index in [2.05, 4.69) is 4.90 Å². The maximum Gasteiger partial charge on any atom is 0.307 e. The third-order valence-corrected chi connectivity index (χ3v) is 4.41. The molecule has 0 aromatic rings. The Kier molecular flexibility index (Phi) is 8.49. The van der Waals surface area contributed by atoms with Crippen molar-refractivity contribution in [3.8, 4) is 0 Å². The molecule has 0 radical (unpaired) electrons. The molecule has 0 bridgehead atoms. The molecule has 0 spiro atoms. The highest BCUT2D eigenvalue weighted by atomic mass is 16.5. The minimum atomic E-state index is -0.337. The molecule has 1 unspecified atom stereocenters. The van der Waals surface area contributed by atoms with Crippen LogP contribution in [-0.4, -0.2) is 86.9 Å². The lowest BCUT2D eigenvalue weighted by atomic mass is 10.2. The average molecular weight is 342 g/mol. The second kappa shape index (κ2) is 10.6. The van der Waals surface area contributed by atoms with E-state index < -0.39 is 0 Å². The number of hydrogen-bond donors (Lipinski definition) is 0. The fraction of sp³-hybridized carbons (Fsp3) is 0.882. The van der Waals surface area contributed by atoms with E-state index in [0.717, 1.165) is 52.1 Å². The zero-order chi connectivity index (χ0) is 17.2. The minimum Gasteiger partial charge on any atom is -0.466 e. The first-order chi connectivity index (χ1) is 11.7. The number of rotatable bonds is 9. The first-order valence-electron chi connectivity index (χ1n) is 9.07. The van der Waals surface area contributed by atoms with Crippen molar-refractivity contribution >= 4 is 11.9 Å². The lowest BCUT2D eigenvalue weighted by Crippen LogP contribution is -2.42. The van der Waals surface area contributed by atoms with Crippen LogP contribution >= 0.6 is 0 Å². The second-order valence-corrected chi connectivity index (χ2v) is 6.19. The zero-order valence-electron chi connectivity index (χ0n) is 14.7. The van der Waals surface area contributed by atoms with Crippen molar-refractivity contribution in [1.29, 1.82) is 0 Å². The van der Waals surface area contributed by atoms with Crippen LogP contribution in [0.4, 0.5) is 0 Å². The number of amides is 1. The van der Waals surface area contributed by atoms with Crippen LogP contribution < -0.4 is 0 Å². The van der Waals surface area contributed by atoms with Gasteiger partial charge in [0.1, 0.15) is 6.10 Å². The van der Waals surface area contributed by atoms with E-state index in [4.69, 9.17) is 14.2 Å². The molecule has 2 fully saturated rings. The molecule has 1 amide bonds. The van der Waals surface area contributed by atoms with Crippen molar-refractivity contribution in [1.82, 2.24) is 9.80 Å². The third kappa shape index (κ3) is 6.37. The molecule has 0 aromatic carbocycles. The van der Waals surface area contributed by atoms with Gasteiger partial charge in [0.25, 0.3) is 5.91 Å². The molecule has 7 heteroatoms. The van der Waals surface area contributed by atoms with Crippen molar-refractivity contribution in [2.24, 2.45) is 0 Å². The molecule has 7 nitrogen and oxygen atoms in total. The quantitative estimate of drug-likeness (QED) is 0.574. The van der Waals surface area contributed by atoms with Gasteiger partial charge in [0.15, 0.2) is 0 Å². The Hall–Kier alpha value is -1.18. The molecule has 138 valence electrons. The number of carbonyl (C=O) groups excluding carboxylic acids is 2. The summed E-state index contributed by atoms with van der Waals surface area (Å²) >= 11 is 0. The molecule has 2 aliphatic rings. The van der Waals surface area contributed by atoms with Crippen LogP contribution in [0, 0.1) is 0 Å². The highest BCUT2D eigenvalue weighted by molar-refractivity contribution is 5.81. The molecule has 0 aromatic heterocycles. The van der Waals surface area contributed by atoms with E-state index in [9.17, 15) is 9.59 Å². The maximum absolute atomic E-state index is 12.6. The molecule has 0 N–H and O–H groups in total. The predicted octanol–water partition coefficient (Wildman–Crippen LogP) is 0.670. The summed E-state index contributed by atoms with van der Waals surface area (Å²) in [5, 5.41) is 0. The van der Waals surface area contributed by atoms with Gasteiger partial charge in [0.2, 0.25) is 0 Å². The van der Waals surface area contributed by atoms with E-state index in [1.807, 2.05) is 0 Å². The number of nitrogens with zero attached hydrogens (tertiary/aromatic N) is 2. The summed E-state index contributed by atoms with van der Waals surface area (Å²) in [7, 11) is 0. The van der Waals surface area contributed by atoms with E-state index in [1.165, 1.54) is 0 Å². The van der Waals surface area contributed by atoms with Gasteiger partial charge in [-0.3, -0.25) is 14.5 Å². The van der Waals surface area contributed by atoms with Gasteiger partial charge in [0, 0.05) is 39.3 Å². The second-order valence-electron chi connectivity index (χ2n) is 6.19. The normalized spacial score (nSPS) is 21.6. The van der Waals surface area contributed by atoms with E-state index >= 15 is 0 Å². The summed E-state index contributed by atoms with van der Waals surface area (Å²) in [5.74, 6) is -0.241. The van der Waals surface area contributed by atoms with Gasteiger partial charge < -0.3 is 19.1 Å².